The number of hydrogen-bond donors (Lipinski definition) is 1. The van der Waals surface area contributed by atoms with Gasteiger partial charge in [0.2, 0.25) is 12.7 Å². The summed E-state index contributed by atoms with van der Waals surface area (Å²) in [5.41, 5.74) is 2.15. The largest absolute Gasteiger partial charge is 0.454 e. The monoisotopic (exact) mass is 391 g/mol. The van der Waals surface area contributed by atoms with E-state index in [1.807, 2.05) is 49.5 Å². The van der Waals surface area contributed by atoms with E-state index < -0.39 is 0 Å². The second-order valence-corrected chi connectivity index (χ2v) is 7.15. The fourth-order valence-corrected chi connectivity index (χ4v) is 3.62. The zero-order chi connectivity index (χ0) is 20.1. The second-order valence-electron chi connectivity index (χ2n) is 7.15. The van der Waals surface area contributed by atoms with Crippen molar-refractivity contribution in [1.29, 1.82) is 0 Å². The van der Waals surface area contributed by atoms with E-state index in [0.717, 1.165) is 41.4 Å². The Bertz CT molecular complexity index is 969. The molecule has 0 radical (unpaired) electrons. The number of ether oxygens (including phenoxy) is 2. The molecule has 0 saturated carbocycles. The van der Waals surface area contributed by atoms with Crippen LogP contribution in [0.15, 0.2) is 60.9 Å². The molecule has 2 heterocycles. The van der Waals surface area contributed by atoms with Crippen molar-refractivity contribution < 1.29 is 14.3 Å². The summed E-state index contributed by atoms with van der Waals surface area (Å²) in [6.45, 7) is 3.70. The Morgan fingerprint density at radius 3 is 2.76 bits per heavy atom. The zero-order valence-corrected chi connectivity index (χ0v) is 16.5. The molecule has 29 heavy (non-hydrogen) atoms. The summed E-state index contributed by atoms with van der Waals surface area (Å²) < 4.78 is 13.0. The molecule has 2 aromatic carbocycles. The maximum atomic E-state index is 12.7. The molecule has 1 aromatic heterocycles. The molecule has 3 aromatic rings. The van der Waals surface area contributed by atoms with Gasteiger partial charge in [-0.05, 0) is 36.6 Å². The minimum absolute atomic E-state index is 0.0402. The van der Waals surface area contributed by atoms with E-state index in [4.69, 9.17) is 9.47 Å². The van der Waals surface area contributed by atoms with Crippen LogP contribution in [0.5, 0.6) is 11.5 Å². The molecular formula is C23H25N3O3. The Hall–Kier alpha value is -3.28. The third-order valence-electron chi connectivity index (χ3n) is 5.21. The van der Waals surface area contributed by atoms with Crippen molar-refractivity contribution in [2.45, 2.75) is 32.2 Å². The summed E-state index contributed by atoms with van der Waals surface area (Å²) in [6.07, 6.45) is 5.00. The standard InChI is InChI=1S/C23H25N3O3/c1-17-24-11-13-26(17)12-5-10-25-23(27)15-20(18-6-3-2-4-7-18)19-8-9-21-22(14-19)29-16-28-21/h2-4,6-9,11,13-14,20H,5,10,12,15-16H2,1H3,(H,25,27)/t20-/m1/s1. The normalized spacial score (nSPS) is 13.3. The summed E-state index contributed by atoms with van der Waals surface area (Å²) in [7, 11) is 0. The van der Waals surface area contributed by atoms with Crippen LogP contribution in [0.1, 0.15) is 35.7 Å². The van der Waals surface area contributed by atoms with Crippen molar-refractivity contribution in [2.75, 3.05) is 13.3 Å². The molecule has 0 bridgehead atoms. The number of rotatable bonds is 8. The van der Waals surface area contributed by atoms with Crippen molar-refractivity contribution in [1.82, 2.24) is 14.9 Å². The topological polar surface area (TPSA) is 65.4 Å². The van der Waals surface area contributed by atoms with Crippen LogP contribution in [0.4, 0.5) is 0 Å². The molecule has 1 aliphatic heterocycles. The highest BCUT2D eigenvalue weighted by Gasteiger charge is 2.21. The average molecular weight is 391 g/mol. The molecule has 0 saturated heterocycles. The number of nitrogens with one attached hydrogen (secondary N) is 1. The molecule has 4 rings (SSSR count). The number of benzene rings is 2. The predicted octanol–water partition coefficient (Wildman–Crippen LogP) is 3.65. The van der Waals surface area contributed by atoms with Gasteiger partial charge in [-0.2, -0.15) is 0 Å². The fourth-order valence-electron chi connectivity index (χ4n) is 3.62. The number of amides is 1. The second kappa shape index (κ2) is 8.82. The van der Waals surface area contributed by atoms with Crippen molar-refractivity contribution in [2.24, 2.45) is 0 Å². The van der Waals surface area contributed by atoms with Gasteiger partial charge in [0.1, 0.15) is 5.82 Å². The zero-order valence-electron chi connectivity index (χ0n) is 16.5. The number of carbonyl (C=O) groups excluding carboxylic acids is 1. The lowest BCUT2D eigenvalue weighted by atomic mass is 9.88. The Kier molecular flexibility index (Phi) is 5.79. The summed E-state index contributed by atoms with van der Waals surface area (Å²) in [5, 5.41) is 3.06. The number of hydrogen-bond acceptors (Lipinski definition) is 4. The summed E-state index contributed by atoms with van der Waals surface area (Å²) >= 11 is 0. The van der Waals surface area contributed by atoms with Gasteiger partial charge >= 0.3 is 0 Å². The highest BCUT2D eigenvalue weighted by atomic mass is 16.7. The first-order chi connectivity index (χ1) is 14.2. The Balaban J connectivity index is 1.40. The quantitative estimate of drug-likeness (QED) is 0.596. The first-order valence-electron chi connectivity index (χ1n) is 9.89. The molecule has 0 fully saturated rings. The smallest absolute Gasteiger partial charge is 0.231 e. The van der Waals surface area contributed by atoms with E-state index in [1.54, 1.807) is 6.20 Å². The SMILES string of the molecule is Cc1nccn1CCCNC(=O)C[C@H](c1ccccc1)c1ccc2c(c1)OCO2. The molecule has 1 aliphatic rings. The van der Waals surface area contributed by atoms with Crippen molar-refractivity contribution in [3.8, 4) is 11.5 Å². The van der Waals surface area contributed by atoms with Crippen molar-refractivity contribution >= 4 is 5.91 Å². The van der Waals surface area contributed by atoms with E-state index in [0.29, 0.717) is 13.0 Å². The molecular weight excluding hydrogens is 366 g/mol. The Morgan fingerprint density at radius 2 is 1.97 bits per heavy atom. The molecule has 1 N–H and O–H groups in total. The molecule has 1 amide bonds. The Morgan fingerprint density at radius 1 is 1.14 bits per heavy atom. The summed E-state index contributed by atoms with van der Waals surface area (Å²) in [6, 6.07) is 16.0. The first kappa shape index (κ1) is 19.1. The van der Waals surface area contributed by atoms with Crippen LogP contribution < -0.4 is 14.8 Å². The maximum absolute atomic E-state index is 12.7. The van der Waals surface area contributed by atoms with Gasteiger partial charge in [0, 0.05) is 37.8 Å². The first-order valence-corrected chi connectivity index (χ1v) is 9.89. The number of imidazole rings is 1. The summed E-state index contributed by atoms with van der Waals surface area (Å²) in [5.74, 6) is 2.48. The van der Waals surface area contributed by atoms with E-state index in [-0.39, 0.29) is 18.6 Å². The van der Waals surface area contributed by atoms with Crippen LogP contribution >= 0.6 is 0 Å². The molecule has 150 valence electrons. The number of aryl methyl sites for hydroxylation is 2. The van der Waals surface area contributed by atoms with Gasteiger partial charge in [0.25, 0.3) is 0 Å². The highest BCUT2D eigenvalue weighted by Crippen LogP contribution is 2.37. The molecule has 6 nitrogen and oxygen atoms in total. The highest BCUT2D eigenvalue weighted by molar-refractivity contribution is 5.77. The van der Waals surface area contributed by atoms with E-state index in [9.17, 15) is 4.79 Å². The van der Waals surface area contributed by atoms with Crippen LogP contribution in [-0.2, 0) is 11.3 Å². The molecule has 0 spiro atoms. The Labute approximate surface area is 170 Å². The van der Waals surface area contributed by atoms with Gasteiger partial charge in [-0.25, -0.2) is 4.98 Å². The lowest BCUT2D eigenvalue weighted by Crippen LogP contribution is -2.27. The van der Waals surface area contributed by atoms with Crippen LogP contribution in [0.3, 0.4) is 0 Å². The van der Waals surface area contributed by atoms with E-state index >= 15 is 0 Å². The third kappa shape index (κ3) is 4.59. The minimum atomic E-state index is -0.0402. The molecule has 0 unspecified atom stereocenters. The van der Waals surface area contributed by atoms with Crippen molar-refractivity contribution in [3.05, 3.63) is 77.9 Å². The van der Waals surface area contributed by atoms with Gasteiger partial charge in [0.15, 0.2) is 11.5 Å². The molecule has 6 heteroatoms. The third-order valence-corrected chi connectivity index (χ3v) is 5.21. The lowest BCUT2D eigenvalue weighted by Gasteiger charge is -2.18. The maximum Gasteiger partial charge on any atom is 0.231 e. The lowest BCUT2D eigenvalue weighted by molar-refractivity contribution is -0.121. The van der Waals surface area contributed by atoms with Gasteiger partial charge in [0.05, 0.1) is 0 Å². The van der Waals surface area contributed by atoms with Crippen LogP contribution in [0.25, 0.3) is 0 Å². The average Bonchev–Trinajstić information content (AvgIpc) is 3.38. The van der Waals surface area contributed by atoms with Crippen LogP contribution in [0, 0.1) is 6.92 Å². The number of nitrogens with zero attached hydrogens (tertiary/aromatic N) is 2. The fraction of sp³-hybridized carbons (Fsp3) is 0.304. The number of fused-ring (bicyclic) bond motifs is 1. The van der Waals surface area contributed by atoms with E-state index in [2.05, 4.69) is 27.0 Å². The van der Waals surface area contributed by atoms with Crippen molar-refractivity contribution in [3.63, 3.8) is 0 Å². The van der Waals surface area contributed by atoms with Crippen LogP contribution in [0.2, 0.25) is 0 Å². The number of carbonyl (C=O) groups is 1. The molecule has 0 aliphatic carbocycles. The molecule has 1 atom stereocenters. The van der Waals surface area contributed by atoms with Gasteiger partial charge in [-0.15, -0.1) is 0 Å². The van der Waals surface area contributed by atoms with Gasteiger partial charge in [-0.1, -0.05) is 36.4 Å². The van der Waals surface area contributed by atoms with Gasteiger partial charge < -0.3 is 19.4 Å². The van der Waals surface area contributed by atoms with E-state index in [1.165, 1.54) is 0 Å². The van der Waals surface area contributed by atoms with Crippen LogP contribution in [-0.4, -0.2) is 28.8 Å². The number of aromatic nitrogens is 2. The minimum Gasteiger partial charge on any atom is -0.454 e. The van der Waals surface area contributed by atoms with Gasteiger partial charge in [-0.3, -0.25) is 4.79 Å². The summed E-state index contributed by atoms with van der Waals surface area (Å²) in [4.78, 5) is 16.9. The predicted molar refractivity (Wildman–Crippen MR) is 110 cm³/mol.